The fraction of sp³-hybridized carbons (Fsp3) is 0.333. The van der Waals surface area contributed by atoms with Gasteiger partial charge in [0, 0.05) is 5.69 Å². The lowest BCUT2D eigenvalue weighted by molar-refractivity contribution is 0.266. The Balaban J connectivity index is 2.74. The van der Waals surface area contributed by atoms with Gasteiger partial charge in [-0.25, -0.2) is 0 Å². The van der Waals surface area contributed by atoms with Gasteiger partial charge in [-0.05, 0) is 12.1 Å². The first-order valence-electron chi connectivity index (χ1n) is 2.95. The van der Waals surface area contributed by atoms with Crippen LogP contribution >= 0.6 is 11.6 Å². The largest absolute Gasteiger partial charge is 0.394 e. The number of aromatic amines is 1. The first-order chi connectivity index (χ1) is 4.74. The molecule has 4 heteroatoms. The van der Waals surface area contributed by atoms with E-state index in [4.69, 9.17) is 22.4 Å². The predicted octanol–water partition coefficient (Wildman–Crippen LogP) is 0.660. The second kappa shape index (κ2) is 3.05. The molecular formula is C6H9ClN2O. The molecule has 0 bridgehead atoms. The van der Waals surface area contributed by atoms with Gasteiger partial charge in [0.1, 0.15) is 5.15 Å². The third-order valence-corrected chi connectivity index (χ3v) is 1.49. The lowest BCUT2D eigenvalue weighted by Gasteiger charge is -2.03. The number of aliphatic hydroxyl groups excluding tert-OH is 1. The zero-order valence-corrected chi connectivity index (χ0v) is 6.10. The molecule has 10 heavy (non-hydrogen) atoms. The molecule has 1 heterocycles. The van der Waals surface area contributed by atoms with E-state index in [0.717, 1.165) is 5.69 Å². The molecule has 0 saturated carbocycles. The van der Waals surface area contributed by atoms with Gasteiger partial charge in [-0.2, -0.15) is 0 Å². The van der Waals surface area contributed by atoms with Crippen LogP contribution < -0.4 is 5.73 Å². The van der Waals surface area contributed by atoms with E-state index in [9.17, 15) is 0 Å². The van der Waals surface area contributed by atoms with E-state index >= 15 is 0 Å². The summed E-state index contributed by atoms with van der Waals surface area (Å²) in [5, 5.41) is 9.15. The minimum atomic E-state index is -0.354. The van der Waals surface area contributed by atoms with E-state index in [1.165, 1.54) is 0 Å². The van der Waals surface area contributed by atoms with Crippen molar-refractivity contribution in [2.45, 2.75) is 6.04 Å². The van der Waals surface area contributed by atoms with Gasteiger partial charge in [-0.3, -0.25) is 0 Å². The van der Waals surface area contributed by atoms with E-state index in [-0.39, 0.29) is 12.6 Å². The van der Waals surface area contributed by atoms with Gasteiger partial charge in [-0.15, -0.1) is 0 Å². The minimum Gasteiger partial charge on any atom is -0.394 e. The Morgan fingerprint density at radius 1 is 1.70 bits per heavy atom. The molecular weight excluding hydrogens is 152 g/mol. The Morgan fingerprint density at radius 2 is 2.40 bits per heavy atom. The molecule has 1 aromatic heterocycles. The molecule has 1 atom stereocenters. The molecule has 0 saturated heterocycles. The maximum Gasteiger partial charge on any atom is 0.106 e. The Morgan fingerprint density at radius 3 is 2.80 bits per heavy atom. The Hall–Kier alpha value is -0.510. The van der Waals surface area contributed by atoms with Crippen LogP contribution in [0.2, 0.25) is 5.15 Å². The van der Waals surface area contributed by atoms with Crippen molar-refractivity contribution in [2.24, 2.45) is 5.73 Å². The second-order valence-electron chi connectivity index (χ2n) is 2.05. The lowest BCUT2D eigenvalue weighted by atomic mass is 10.2. The summed E-state index contributed by atoms with van der Waals surface area (Å²) in [7, 11) is 0. The quantitative estimate of drug-likeness (QED) is 0.595. The van der Waals surface area contributed by atoms with Crippen LogP contribution in [0.1, 0.15) is 11.7 Å². The average molecular weight is 161 g/mol. The molecule has 0 aliphatic heterocycles. The van der Waals surface area contributed by atoms with E-state index in [0.29, 0.717) is 5.15 Å². The highest BCUT2D eigenvalue weighted by Crippen LogP contribution is 2.12. The van der Waals surface area contributed by atoms with Crippen molar-refractivity contribution in [1.29, 1.82) is 0 Å². The maximum absolute atomic E-state index is 8.61. The molecule has 0 fully saturated rings. The number of hydrogen-bond acceptors (Lipinski definition) is 2. The molecule has 56 valence electrons. The van der Waals surface area contributed by atoms with Crippen molar-refractivity contribution in [2.75, 3.05) is 6.61 Å². The molecule has 0 radical (unpaired) electrons. The second-order valence-corrected chi connectivity index (χ2v) is 2.46. The zero-order chi connectivity index (χ0) is 7.56. The predicted molar refractivity (Wildman–Crippen MR) is 39.8 cm³/mol. The number of hydrogen-bond donors (Lipinski definition) is 3. The topological polar surface area (TPSA) is 62.0 Å². The Kier molecular flexibility index (Phi) is 2.32. The first-order valence-corrected chi connectivity index (χ1v) is 3.32. The van der Waals surface area contributed by atoms with E-state index in [1.54, 1.807) is 12.1 Å². The van der Waals surface area contributed by atoms with Crippen LogP contribution in [0.3, 0.4) is 0 Å². The average Bonchev–Trinajstić information content (AvgIpc) is 2.34. The summed E-state index contributed by atoms with van der Waals surface area (Å²) in [6, 6.07) is 3.10. The maximum atomic E-state index is 8.61. The molecule has 0 aliphatic carbocycles. The number of rotatable bonds is 2. The molecule has 4 N–H and O–H groups in total. The standard InChI is InChI=1S/C6H9ClN2O/c7-6-2-1-5(9-6)4(8)3-10/h1-2,4,9-10H,3,8H2/t4-/m1/s1. The van der Waals surface area contributed by atoms with Crippen LogP contribution in [0, 0.1) is 0 Å². The Bertz CT molecular complexity index is 211. The monoisotopic (exact) mass is 160 g/mol. The van der Waals surface area contributed by atoms with Gasteiger partial charge < -0.3 is 15.8 Å². The summed E-state index contributed by atoms with van der Waals surface area (Å²) in [5.41, 5.74) is 6.22. The van der Waals surface area contributed by atoms with Gasteiger partial charge >= 0.3 is 0 Å². The number of halogens is 1. The normalized spacial score (nSPS) is 13.5. The highest BCUT2D eigenvalue weighted by Gasteiger charge is 2.04. The summed E-state index contributed by atoms with van der Waals surface area (Å²) >= 11 is 5.57. The number of nitrogens with one attached hydrogen (secondary N) is 1. The van der Waals surface area contributed by atoms with Crippen molar-refractivity contribution >= 4 is 11.6 Å². The van der Waals surface area contributed by atoms with Crippen molar-refractivity contribution in [3.05, 3.63) is 23.0 Å². The SMILES string of the molecule is N[C@H](CO)c1ccc(Cl)[nH]1. The zero-order valence-electron chi connectivity index (χ0n) is 5.34. The van der Waals surface area contributed by atoms with Gasteiger partial charge in [0.15, 0.2) is 0 Å². The van der Waals surface area contributed by atoms with E-state index < -0.39 is 0 Å². The summed E-state index contributed by atoms with van der Waals surface area (Å²) in [4.78, 5) is 2.81. The fourth-order valence-electron chi connectivity index (χ4n) is 0.699. The summed E-state index contributed by atoms with van der Waals surface area (Å²) < 4.78 is 0. The van der Waals surface area contributed by atoms with Crippen molar-refractivity contribution in [3.8, 4) is 0 Å². The first kappa shape index (κ1) is 7.60. The van der Waals surface area contributed by atoms with Crippen LogP contribution in [-0.4, -0.2) is 16.7 Å². The molecule has 1 aromatic rings. The number of H-pyrrole nitrogens is 1. The molecule has 0 amide bonds. The summed E-state index contributed by atoms with van der Waals surface area (Å²) in [5.74, 6) is 0. The molecule has 0 unspecified atom stereocenters. The molecule has 0 spiro atoms. The van der Waals surface area contributed by atoms with Gasteiger partial charge in [0.25, 0.3) is 0 Å². The van der Waals surface area contributed by atoms with Gasteiger partial charge in [-0.1, -0.05) is 11.6 Å². The number of aromatic nitrogens is 1. The van der Waals surface area contributed by atoms with Crippen LogP contribution in [0.4, 0.5) is 0 Å². The van der Waals surface area contributed by atoms with Crippen molar-refractivity contribution < 1.29 is 5.11 Å². The van der Waals surface area contributed by atoms with Crippen LogP contribution in [0.25, 0.3) is 0 Å². The molecule has 0 aromatic carbocycles. The smallest absolute Gasteiger partial charge is 0.106 e. The number of nitrogens with two attached hydrogens (primary N) is 1. The molecule has 1 rings (SSSR count). The van der Waals surface area contributed by atoms with Crippen molar-refractivity contribution in [1.82, 2.24) is 4.98 Å². The number of aliphatic hydroxyl groups is 1. The Labute approximate surface area is 63.8 Å². The summed E-state index contributed by atoms with van der Waals surface area (Å²) in [6.07, 6.45) is 0. The lowest BCUT2D eigenvalue weighted by Crippen LogP contribution is -2.14. The van der Waals surface area contributed by atoms with E-state index in [2.05, 4.69) is 4.98 Å². The highest BCUT2D eigenvalue weighted by atomic mass is 35.5. The van der Waals surface area contributed by atoms with Gasteiger partial charge in [0.2, 0.25) is 0 Å². The third-order valence-electron chi connectivity index (χ3n) is 1.27. The van der Waals surface area contributed by atoms with E-state index in [1.807, 2.05) is 0 Å². The van der Waals surface area contributed by atoms with Gasteiger partial charge in [0.05, 0.1) is 12.6 Å². The van der Waals surface area contributed by atoms with Crippen LogP contribution in [0.15, 0.2) is 12.1 Å². The van der Waals surface area contributed by atoms with Crippen LogP contribution in [-0.2, 0) is 0 Å². The van der Waals surface area contributed by atoms with Crippen molar-refractivity contribution in [3.63, 3.8) is 0 Å². The van der Waals surface area contributed by atoms with Crippen LogP contribution in [0.5, 0.6) is 0 Å². The fourth-order valence-corrected chi connectivity index (χ4v) is 0.871. The summed E-state index contributed by atoms with van der Waals surface area (Å²) in [6.45, 7) is -0.0726. The minimum absolute atomic E-state index is 0.0726. The molecule has 0 aliphatic rings. The molecule has 3 nitrogen and oxygen atoms in total. The highest BCUT2D eigenvalue weighted by molar-refractivity contribution is 6.29. The third kappa shape index (κ3) is 1.50.